The lowest BCUT2D eigenvalue weighted by atomic mass is 10.1. The van der Waals surface area contributed by atoms with Gasteiger partial charge in [0, 0.05) is 36.8 Å². The van der Waals surface area contributed by atoms with E-state index >= 15 is 0 Å². The summed E-state index contributed by atoms with van der Waals surface area (Å²) >= 11 is 0. The third-order valence-electron chi connectivity index (χ3n) is 5.44. The predicted octanol–water partition coefficient (Wildman–Crippen LogP) is 4.76. The lowest BCUT2D eigenvalue weighted by molar-refractivity contribution is 0.351. The van der Waals surface area contributed by atoms with Crippen molar-refractivity contribution in [1.29, 1.82) is 0 Å². The molecule has 0 saturated heterocycles. The lowest BCUT2D eigenvalue weighted by Crippen LogP contribution is -2.21. The number of rotatable bonds is 3. The monoisotopic (exact) mass is 364 g/mol. The summed E-state index contributed by atoms with van der Waals surface area (Å²) in [6.45, 7) is 4.27. The number of fused-ring (bicyclic) bond motifs is 3. The summed E-state index contributed by atoms with van der Waals surface area (Å²) in [6, 6.07) is 11.7. The van der Waals surface area contributed by atoms with Crippen LogP contribution in [0.4, 0.5) is 4.39 Å². The number of nitrogens with zero attached hydrogens (tertiary/aromatic N) is 2. The number of aryl methyl sites for hydroxylation is 1. The van der Waals surface area contributed by atoms with Crippen LogP contribution in [0, 0.1) is 12.7 Å². The van der Waals surface area contributed by atoms with Gasteiger partial charge in [-0.3, -0.25) is 0 Å². The van der Waals surface area contributed by atoms with Gasteiger partial charge in [-0.2, -0.15) is 0 Å². The Morgan fingerprint density at radius 2 is 1.89 bits per heavy atom. The first-order valence-corrected chi connectivity index (χ1v) is 9.39. The fourth-order valence-electron chi connectivity index (χ4n) is 3.93. The molecule has 2 aromatic carbocycles. The van der Waals surface area contributed by atoms with Crippen molar-refractivity contribution in [2.24, 2.45) is 0 Å². The quantitative estimate of drug-likeness (QED) is 0.667. The van der Waals surface area contributed by atoms with Crippen LogP contribution in [0.15, 0.2) is 36.4 Å². The number of benzene rings is 2. The Morgan fingerprint density at radius 1 is 1.07 bits per heavy atom. The highest BCUT2D eigenvalue weighted by Crippen LogP contribution is 2.31. The Hall–Kier alpha value is -2.59. The van der Waals surface area contributed by atoms with Crippen molar-refractivity contribution < 1.29 is 9.13 Å². The van der Waals surface area contributed by atoms with Gasteiger partial charge in [0.2, 0.25) is 0 Å². The summed E-state index contributed by atoms with van der Waals surface area (Å²) in [5.41, 5.74) is 6.14. The molecular weight excluding hydrogens is 339 g/mol. The lowest BCUT2D eigenvalue weighted by Gasteiger charge is -2.12. The van der Waals surface area contributed by atoms with E-state index in [0.29, 0.717) is 0 Å². The van der Waals surface area contributed by atoms with Gasteiger partial charge in [0.05, 0.1) is 12.6 Å². The van der Waals surface area contributed by atoms with E-state index in [1.54, 1.807) is 6.07 Å². The van der Waals surface area contributed by atoms with Crippen molar-refractivity contribution in [2.75, 3.05) is 27.2 Å². The van der Waals surface area contributed by atoms with E-state index in [-0.39, 0.29) is 11.6 Å². The minimum atomic E-state index is -0.340. The molecule has 4 rings (SSSR count). The normalized spacial score (nSPS) is 15.3. The third-order valence-corrected chi connectivity index (χ3v) is 5.44. The van der Waals surface area contributed by atoms with Crippen LogP contribution in [0.5, 0.6) is 5.75 Å². The summed E-state index contributed by atoms with van der Waals surface area (Å²) in [5.74, 6) is -0.0703. The van der Waals surface area contributed by atoms with Gasteiger partial charge >= 0.3 is 0 Å². The maximum atomic E-state index is 14.0. The molecule has 27 heavy (non-hydrogen) atoms. The van der Waals surface area contributed by atoms with E-state index in [9.17, 15) is 4.39 Å². The van der Waals surface area contributed by atoms with E-state index in [1.165, 1.54) is 40.9 Å². The molecule has 4 heteroatoms. The van der Waals surface area contributed by atoms with Crippen LogP contribution in [0.1, 0.15) is 22.4 Å². The highest BCUT2D eigenvalue weighted by molar-refractivity contribution is 5.89. The second-order valence-electron chi connectivity index (χ2n) is 7.33. The van der Waals surface area contributed by atoms with Gasteiger partial charge in [-0.15, -0.1) is 0 Å². The van der Waals surface area contributed by atoms with Gasteiger partial charge < -0.3 is 14.2 Å². The molecule has 1 aliphatic heterocycles. The molecule has 0 atom stereocenters. The zero-order valence-corrected chi connectivity index (χ0v) is 16.1. The summed E-state index contributed by atoms with van der Waals surface area (Å²) in [7, 11) is 3.66. The van der Waals surface area contributed by atoms with Crippen molar-refractivity contribution in [2.45, 2.75) is 19.8 Å². The smallest absolute Gasteiger partial charge is 0.165 e. The van der Waals surface area contributed by atoms with E-state index in [0.717, 1.165) is 31.5 Å². The second kappa shape index (κ2) is 7.20. The van der Waals surface area contributed by atoms with Crippen LogP contribution in [0.2, 0.25) is 0 Å². The molecule has 0 spiro atoms. The van der Waals surface area contributed by atoms with Crippen LogP contribution in [-0.4, -0.2) is 36.7 Å². The molecule has 1 aromatic heterocycles. The van der Waals surface area contributed by atoms with Crippen molar-refractivity contribution in [3.8, 4) is 5.75 Å². The van der Waals surface area contributed by atoms with E-state index < -0.39 is 0 Å². The van der Waals surface area contributed by atoms with Gasteiger partial charge in [0.1, 0.15) is 0 Å². The average Bonchev–Trinajstić information content (AvgIpc) is 2.80. The van der Waals surface area contributed by atoms with Gasteiger partial charge in [-0.1, -0.05) is 17.7 Å². The minimum Gasteiger partial charge on any atom is -0.494 e. The van der Waals surface area contributed by atoms with E-state index in [4.69, 9.17) is 4.74 Å². The molecule has 3 nitrogen and oxygen atoms in total. The van der Waals surface area contributed by atoms with Crippen molar-refractivity contribution >= 4 is 23.2 Å². The van der Waals surface area contributed by atoms with Crippen LogP contribution in [0.25, 0.3) is 23.2 Å². The first kappa shape index (κ1) is 17.8. The summed E-state index contributed by atoms with van der Waals surface area (Å²) < 4.78 is 21.3. The van der Waals surface area contributed by atoms with Crippen molar-refractivity contribution in [3.05, 3.63) is 64.6 Å². The molecule has 0 bridgehead atoms. The van der Waals surface area contributed by atoms with Crippen LogP contribution in [0.3, 0.4) is 0 Å². The summed E-state index contributed by atoms with van der Waals surface area (Å²) in [5, 5.41) is 1.34. The molecular formula is C23H25FN2O. The van der Waals surface area contributed by atoms with Gasteiger partial charge in [0.15, 0.2) is 11.6 Å². The number of methoxy groups -OCH3 is 1. The van der Waals surface area contributed by atoms with Crippen LogP contribution < -0.4 is 4.74 Å². The molecule has 0 radical (unpaired) electrons. The molecule has 0 saturated carbocycles. The predicted molar refractivity (Wildman–Crippen MR) is 110 cm³/mol. The molecule has 1 aliphatic rings. The molecule has 0 amide bonds. The summed E-state index contributed by atoms with van der Waals surface area (Å²) in [4.78, 5) is 2.38. The van der Waals surface area contributed by atoms with Gasteiger partial charge in [0.25, 0.3) is 0 Å². The number of hydrogen-bond donors (Lipinski definition) is 0. The van der Waals surface area contributed by atoms with Crippen LogP contribution in [-0.2, 0) is 12.8 Å². The Kier molecular flexibility index (Phi) is 4.75. The average molecular weight is 364 g/mol. The molecule has 140 valence electrons. The van der Waals surface area contributed by atoms with Gasteiger partial charge in [-0.05, 0) is 61.9 Å². The van der Waals surface area contributed by atoms with E-state index in [1.807, 2.05) is 12.1 Å². The van der Waals surface area contributed by atoms with E-state index in [2.05, 4.69) is 47.8 Å². The van der Waals surface area contributed by atoms with Gasteiger partial charge in [-0.25, -0.2) is 4.39 Å². The molecule has 0 N–H and O–H groups in total. The topological polar surface area (TPSA) is 17.4 Å². The standard InChI is InChI=1S/C23H25FN2O/c1-16-4-6-21-19(14-16)18-9-11-25(2)12-10-22(18)26(21)13-8-17-5-7-23(27-3)20(24)15-17/h4-8,13-15H,9-12H2,1-3H3/b13-8+. The number of halogens is 1. The Labute approximate surface area is 159 Å². The first-order chi connectivity index (χ1) is 13.1. The second-order valence-corrected chi connectivity index (χ2v) is 7.33. The molecule has 0 unspecified atom stereocenters. The Bertz CT molecular complexity index is 1020. The third kappa shape index (κ3) is 3.37. The Balaban J connectivity index is 1.80. The fourth-order valence-corrected chi connectivity index (χ4v) is 3.93. The Morgan fingerprint density at radius 3 is 2.67 bits per heavy atom. The maximum Gasteiger partial charge on any atom is 0.165 e. The fraction of sp³-hybridized carbons (Fsp3) is 0.304. The molecule has 0 aliphatic carbocycles. The largest absolute Gasteiger partial charge is 0.494 e. The summed E-state index contributed by atoms with van der Waals surface area (Å²) in [6.07, 6.45) is 6.12. The van der Waals surface area contributed by atoms with Crippen molar-refractivity contribution in [3.63, 3.8) is 0 Å². The number of likely N-dealkylation sites (N-methyl/N-ethyl adjacent to an activating group) is 1. The molecule has 3 aromatic rings. The first-order valence-electron chi connectivity index (χ1n) is 9.39. The molecule has 0 fully saturated rings. The number of ether oxygens (including phenoxy) is 1. The SMILES string of the molecule is COc1ccc(/C=C/n2c3c(c4cc(C)ccc42)CCN(C)CC3)cc1F. The highest BCUT2D eigenvalue weighted by Gasteiger charge is 2.19. The number of hydrogen-bond acceptors (Lipinski definition) is 2. The zero-order chi connectivity index (χ0) is 19.0. The zero-order valence-electron chi connectivity index (χ0n) is 16.1. The van der Waals surface area contributed by atoms with Crippen LogP contribution >= 0.6 is 0 Å². The molecule has 2 heterocycles. The maximum absolute atomic E-state index is 14.0. The highest BCUT2D eigenvalue weighted by atomic mass is 19.1. The minimum absolute atomic E-state index is 0.269. The number of aromatic nitrogens is 1. The van der Waals surface area contributed by atoms with Crippen molar-refractivity contribution in [1.82, 2.24) is 9.47 Å².